The van der Waals surface area contributed by atoms with Crippen LogP contribution in [-0.4, -0.2) is 36.2 Å². The van der Waals surface area contributed by atoms with Crippen molar-refractivity contribution in [3.63, 3.8) is 0 Å². The summed E-state index contributed by atoms with van der Waals surface area (Å²) in [5, 5.41) is 8.73. The minimum Gasteiger partial charge on any atom is -0.396 e. The molecule has 0 bridgehead atoms. The van der Waals surface area contributed by atoms with Crippen LogP contribution in [0.4, 0.5) is 4.39 Å². The third kappa shape index (κ3) is 4.70. The van der Waals surface area contributed by atoms with Crippen molar-refractivity contribution >= 4 is 0 Å². The van der Waals surface area contributed by atoms with Crippen LogP contribution in [0.5, 0.6) is 0 Å². The molecule has 1 rings (SSSR count). The van der Waals surface area contributed by atoms with Crippen LogP contribution >= 0.6 is 0 Å². The van der Waals surface area contributed by atoms with Crippen molar-refractivity contribution in [2.45, 2.75) is 19.0 Å². The fraction of sp³-hybridized carbons (Fsp3) is 0.500. The maximum atomic E-state index is 12.7. The maximum Gasteiger partial charge on any atom is 0.123 e. The average molecular weight is 226 g/mol. The standard InChI is InChI=1S/C12H19FN2O/c1-15(9-12(14)6-7-16)8-10-2-4-11(13)5-3-10/h2-5,12,16H,6-9,14H2,1H3. The molecule has 16 heavy (non-hydrogen) atoms. The predicted molar refractivity (Wildman–Crippen MR) is 62.4 cm³/mol. The molecule has 0 saturated heterocycles. The van der Waals surface area contributed by atoms with Gasteiger partial charge >= 0.3 is 0 Å². The lowest BCUT2D eigenvalue weighted by atomic mass is 10.2. The number of aliphatic hydroxyl groups excluding tert-OH is 1. The molecule has 0 aliphatic carbocycles. The van der Waals surface area contributed by atoms with Gasteiger partial charge in [-0.3, -0.25) is 0 Å². The molecule has 0 heterocycles. The van der Waals surface area contributed by atoms with E-state index in [1.165, 1.54) is 12.1 Å². The molecule has 0 radical (unpaired) electrons. The van der Waals surface area contributed by atoms with Gasteiger partial charge in [-0.15, -0.1) is 0 Å². The zero-order chi connectivity index (χ0) is 12.0. The Labute approximate surface area is 95.7 Å². The van der Waals surface area contributed by atoms with E-state index in [9.17, 15) is 4.39 Å². The van der Waals surface area contributed by atoms with Crippen LogP contribution in [0.2, 0.25) is 0 Å². The Morgan fingerprint density at radius 1 is 1.38 bits per heavy atom. The van der Waals surface area contributed by atoms with Crippen molar-refractivity contribution in [1.29, 1.82) is 0 Å². The van der Waals surface area contributed by atoms with Gasteiger partial charge in [-0.2, -0.15) is 0 Å². The van der Waals surface area contributed by atoms with E-state index in [2.05, 4.69) is 4.90 Å². The summed E-state index contributed by atoms with van der Waals surface area (Å²) in [4.78, 5) is 2.06. The molecule has 1 aromatic carbocycles. The molecular weight excluding hydrogens is 207 g/mol. The largest absolute Gasteiger partial charge is 0.396 e. The zero-order valence-corrected chi connectivity index (χ0v) is 9.56. The molecule has 0 spiro atoms. The molecule has 0 fully saturated rings. The summed E-state index contributed by atoms with van der Waals surface area (Å²) < 4.78 is 12.7. The Morgan fingerprint density at radius 3 is 2.56 bits per heavy atom. The molecule has 0 aliphatic rings. The Bertz CT molecular complexity index is 302. The smallest absolute Gasteiger partial charge is 0.123 e. The third-order valence-corrected chi connectivity index (χ3v) is 2.41. The van der Waals surface area contributed by atoms with Gasteiger partial charge in [0.25, 0.3) is 0 Å². The van der Waals surface area contributed by atoms with Crippen LogP contribution in [0.1, 0.15) is 12.0 Å². The highest BCUT2D eigenvalue weighted by Crippen LogP contribution is 2.05. The van der Waals surface area contributed by atoms with Gasteiger partial charge in [0.15, 0.2) is 0 Å². The van der Waals surface area contributed by atoms with E-state index >= 15 is 0 Å². The Hall–Kier alpha value is -0.970. The van der Waals surface area contributed by atoms with Crippen LogP contribution in [0.25, 0.3) is 0 Å². The second-order valence-corrected chi connectivity index (χ2v) is 4.10. The lowest BCUT2D eigenvalue weighted by Gasteiger charge is -2.20. The van der Waals surface area contributed by atoms with Crippen LogP contribution in [-0.2, 0) is 6.54 Å². The average Bonchev–Trinajstić information content (AvgIpc) is 2.21. The van der Waals surface area contributed by atoms with Crippen LogP contribution in [0.15, 0.2) is 24.3 Å². The van der Waals surface area contributed by atoms with Gasteiger partial charge < -0.3 is 15.7 Å². The highest BCUT2D eigenvalue weighted by molar-refractivity contribution is 5.15. The molecule has 1 aromatic rings. The van der Waals surface area contributed by atoms with Crippen molar-refractivity contribution in [1.82, 2.24) is 4.90 Å². The van der Waals surface area contributed by atoms with Gasteiger partial charge in [-0.25, -0.2) is 4.39 Å². The molecule has 4 heteroatoms. The molecular formula is C12H19FN2O. The van der Waals surface area contributed by atoms with Crippen LogP contribution in [0.3, 0.4) is 0 Å². The maximum absolute atomic E-state index is 12.7. The molecule has 1 atom stereocenters. The summed E-state index contributed by atoms with van der Waals surface area (Å²) in [6, 6.07) is 6.43. The number of benzene rings is 1. The van der Waals surface area contributed by atoms with E-state index < -0.39 is 0 Å². The number of hydrogen-bond acceptors (Lipinski definition) is 3. The van der Waals surface area contributed by atoms with E-state index in [1.807, 2.05) is 7.05 Å². The minimum absolute atomic E-state index is 0.0181. The van der Waals surface area contributed by atoms with Gasteiger partial charge in [-0.1, -0.05) is 12.1 Å². The number of aliphatic hydroxyl groups is 1. The Balaban J connectivity index is 2.39. The van der Waals surface area contributed by atoms with E-state index in [1.54, 1.807) is 12.1 Å². The molecule has 0 saturated carbocycles. The molecule has 0 aliphatic heterocycles. The van der Waals surface area contributed by atoms with E-state index in [4.69, 9.17) is 10.8 Å². The number of likely N-dealkylation sites (N-methyl/N-ethyl adjacent to an activating group) is 1. The summed E-state index contributed by atoms with van der Waals surface area (Å²) in [5.41, 5.74) is 6.86. The van der Waals surface area contributed by atoms with Crippen molar-refractivity contribution in [3.8, 4) is 0 Å². The number of nitrogens with two attached hydrogens (primary N) is 1. The van der Waals surface area contributed by atoms with Crippen molar-refractivity contribution in [2.24, 2.45) is 5.73 Å². The topological polar surface area (TPSA) is 49.5 Å². The normalized spacial score (nSPS) is 13.1. The van der Waals surface area contributed by atoms with E-state index in [0.717, 1.165) is 18.7 Å². The SMILES string of the molecule is CN(Cc1ccc(F)cc1)CC(N)CCO. The zero-order valence-electron chi connectivity index (χ0n) is 9.56. The first kappa shape index (κ1) is 13.1. The fourth-order valence-corrected chi connectivity index (χ4v) is 1.62. The van der Waals surface area contributed by atoms with Crippen molar-refractivity contribution in [3.05, 3.63) is 35.6 Å². The lowest BCUT2D eigenvalue weighted by molar-refractivity contribution is 0.244. The molecule has 1 unspecified atom stereocenters. The Kier molecular flexibility index (Phi) is 5.38. The summed E-state index contributed by atoms with van der Waals surface area (Å²) in [7, 11) is 1.96. The van der Waals surface area contributed by atoms with Gasteiger partial charge in [0.05, 0.1) is 0 Å². The first-order valence-corrected chi connectivity index (χ1v) is 5.41. The third-order valence-electron chi connectivity index (χ3n) is 2.41. The fourth-order valence-electron chi connectivity index (χ4n) is 1.62. The monoisotopic (exact) mass is 226 g/mol. The first-order valence-electron chi connectivity index (χ1n) is 5.41. The van der Waals surface area contributed by atoms with Gasteiger partial charge in [0, 0.05) is 25.7 Å². The first-order chi connectivity index (χ1) is 7.61. The van der Waals surface area contributed by atoms with Crippen LogP contribution in [0, 0.1) is 5.82 Å². The van der Waals surface area contributed by atoms with Gasteiger partial charge in [0.2, 0.25) is 0 Å². The molecule has 90 valence electrons. The van der Waals surface area contributed by atoms with Gasteiger partial charge in [0.1, 0.15) is 5.82 Å². The number of halogens is 1. The predicted octanol–water partition coefficient (Wildman–Crippen LogP) is 0.967. The minimum atomic E-state index is -0.219. The molecule has 3 N–H and O–H groups in total. The summed E-state index contributed by atoms with van der Waals surface area (Å²) in [5.74, 6) is -0.219. The number of rotatable bonds is 6. The van der Waals surface area contributed by atoms with Crippen LogP contribution < -0.4 is 5.73 Å². The number of nitrogens with zero attached hydrogens (tertiary/aromatic N) is 1. The molecule has 0 aromatic heterocycles. The quantitative estimate of drug-likeness (QED) is 0.760. The van der Waals surface area contributed by atoms with Gasteiger partial charge in [-0.05, 0) is 31.2 Å². The number of hydrogen-bond donors (Lipinski definition) is 2. The highest BCUT2D eigenvalue weighted by Gasteiger charge is 2.06. The second-order valence-electron chi connectivity index (χ2n) is 4.10. The van der Waals surface area contributed by atoms with E-state index in [-0.39, 0.29) is 18.5 Å². The Morgan fingerprint density at radius 2 is 2.00 bits per heavy atom. The molecule has 3 nitrogen and oxygen atoms in total. The summed E-state index contributed by atoms with van der Waals surface area (Å²) >= 11 is 0. The summed E-state index contributed by atoms with van der Waals surface area (Å²) in [6.45, 7) is 1.57. The molecule has 0 amide bonds. The van der Waals surface area contributed by atoms with Crippen molar-refractivity contribution < 1.29 is 9.50 Å². The summed E-state index contributed by atoms with van der Waals surface area (Å²) in [6.07, 6.45) is 0.605. The highest BCUT2D eigenvalue weighted by atomic mass is 19.1. The van der Waals surface area contributed by atoms with Crippen molar-refractivity contribution in [2.75, 3.05) is 20.2 Å². The lowest BCUT2D eigenvalue weighted by Crippen LogP contribution is -2.35. The second kappa shape index (κ2) is 6.58. The van der Waals surface area contributed by atoms with E-state index in [0.29, 0.717) is 6.42 Å².